The van der Waals surface area contributed by atoms with Gasteiger partial charge in [0.2, 0.25) is 0 Å². The molecular weight excluding hydrogens is 455 g/mol. The molecule has 4 aliphatic carbocycles. The zero-order valence-electron chi connectivity index (χ0n) is 14.9. The number of amides is 1. The number of alkyl halides is 1. The maximum Gasteiger partial charge on any atom is 0.312 e. The van der Waals surface area contributed by atoms with Crippen LogP contribution < -0.4 is 5.32 Å². The minimum Gasteiger partial charge on any atom is -0.452 e. The van der Waals surface area contributed by atoms with Crippen LogP contribution >= 0.6 is 39.1 Å². The summed E-state index contributed by atoms with van der Waals surface area (Å²) in [5, 5.41) is 3.21. The summed E-state index contributed by atoms with van der Waals surface area (Å²) in [6.07, 6.45) is 6.48. The van der Waals surface area contributed by atoms with E-state index in [1.165, 1.54) is 18.7 Å². The van der Waals surface area contributed by atoms with Gasteiger partial charge in [0.25, 0.3) is 5.91 Å². The van der Waals surface area contributed by atoms with E-state index in [1.807, 2.05) is 0 Å². The fourth-order valence-electron chi connectivity index (χ4n) is 5.45. The highest BCUT2D eigenvalue weighted by Gasteiger charge is 2.60. The highest BCUT2D eigenvalue weighted by atomic mass is 79.9. The number of aromatic nitrogens is 1. The number of hydrogen-bond acceptors (Lipinski definition) is 4. The van der Waals surface area contributed by atoms with Crippen molar-refractivity contribution >= 4 is 56.8 Å². The monoisotopic (exact) mass is 474 g/mol. The van der Waals surface area contributed by atoms with E-state index in [1.54, 1.807) is 6.92 Å². The van der Waals surface area contributed by atoms with Crippen LogP contribution in [0.5, 0.6) is 0 Å². The van der Waals surface area contributed by atoms with Crippen molar-refractivity contribution in [3.05, 3.63) is 22.3 Å². The summed E-state index contributed by atoms with van der Waals surface area (Å²) in [7, 11) is 0. The first-order valence-corrected chi connectivity index (χ1v) is 10.7. The molecule has 0 aromatic carbocycles. The van der Waals surface area contributed by atoms with E-state index in [2.05, 4.69) is 26.2 Å². The molecule has 4 fully saturated rings. The molecule has 1 N–H and O–H groups in total. The van der Waals surface area contributed by atoms with E-state index < -0.39 is 17.4 Å². The first-order chi connectivity index (χ1) is 12.7. The molecule has 5 rings (SSSR count). The van der Waals surface area contributed by atoms with Crippen molar-refractivity contribution < 1.29 is 14.3 Å². The third-order valence-corrected chi connectivity index (χ3v) is 7.55. The lowest BCUT2D eigenvalue weighted by molar-refractivity contribution is -0.175. The minimum atomic E-state index is -0.926. The standard InChI is InChI=1S/C19H21BrCl2N2O3/c1-10(16(25)24-15-14(22)3-13(21)8-23-15)27-17(26)18-4-11-2-12(5-18)7-19(20,6-11)9-18/h3,8,10-12H,2,4-7,9H2,1H3,(H,23,24,25)/t10-,11+,12+,18?,19?/m0/s1. The maximum atomic E-state index is 13.0. The lowest BCUT2D eigenvalue weighted by Crippen LogP contribution is -2.56. The normalized spacial score (nSPS) is 35.0. The molecule has 4 bridgehead atoms. The summed E-state index contributed by atoms with van der Waals surface area (Å²) >= 11 is 15.7. The summed E-state index contributed by atoms with van der Waals surface area (Å²) < 4.78 is 5.67. The lowest BCUT2D eigenvalue weighted by Gasteiger charge is -2.58. The van der Waals surface area contributed by atoms with Gasteiger partial charge in [-0.1, -0.05) is 39.1 Å². The fraction of sp³-hybridized carbons (Fsp3) is 0.632. The number of esters is 1. The molecule has 3 atom stereocenters. The quantitative estimate of drug-likeness (QED) is 0.491. The number of ether oxygens (including phenoxy) is 1. The van der Waals surface area contributed by atoms with Gasteiger partial charge in [0.1, 0.15) is 0 Å². The summed E-state index contributed by atoms with van der Waals surface area (Å²) in [4.78, 5) is 29.5. The van der Waals surface area contributed by atoms with Crippen LogP contribution in [0.15, 0.2) is 12.3 Å². The number of carbonyl (C=O) groups is 2. The second-order valence-electron chi connectivity index (χ2n) is 8.41. The first kappa shape index (κ1) is 19.5. The average Bonchev–Trinajstić information content (AvgIpc) is 2.55. The molecule has 1 aromatic heterocycles. The van der Waals surface area contributed by atoms with Gasteiger partial charge in [0.15, 0.2) is 11.9 Å². The number of carbonyl (C=O) groups excluding carboxylic acids is 2. The van der Waals surface area contributed by atoms with Crippen LogP contribution in [0.4, 0.5) is 5.82 Å². The predicted molar refractivity (Wildman–Crippen MR) is 107 cm³/mol. The van der Waals surface area contributed by atoms with Crippen molar-refractivity contribution in [2.75, 3.05) is 5.32 Å². The summed E-state index contributed by atoms with van der Waals surface area (Å²) in [5.74, 6) is 0.624. The first-order valence-electron chi connectivity index (χ1n) is 9.20. The predicted octanol–water partition coefficient (Wildman–Crippen LogP) is 4.99. The Labute approximate surface area is 176 Å². The van der Waals surface area contributed by atoms with E-state index >= 15 is 0 Å². The molecule has 27 heavy (non-hydrogen) atoms. The van der Waals surface area contributed by atoms with Crippen LogP contribution in [0.2, 0.25) is 10.0 Å². The average molecular weight is 476 g/mol. The number of nitrogens with one attached hydrogen (secondary N) is 1. The number of nitrogens with zero attached hydrogens (tertiary/aromatic N) is 1. The van der Waals surface area contributed by atoms with Crippen molar-refractivity contribution in [1.82, 2.24) is 4.98 Å². The number of anilines is 1. The Balaban J connectivity index is 1.42. The molecular formula is C19H21BrCl2N2O3. The fourth-order valence-corrected chi connectivity index (χ4v) is 7.33. The highest BCUT2D eigenvalue weighted by molar-refractivity contribution is 9.10. The molecule has 8 heteroatoms. The molecule has 1 aromatic rings. The third kappa shape index (κ3) is 3.73. The zero-order valence-corrected chi connectivity index (χ0v) is 18.0. The number of pyridine rings is 1. The minimum absolute atomic E-state index is 0.0579. The second kappa shape index (κ2) is 6.89. The number of hydrogen-bond donors (Lipinski definition) is 1. The molecule has 146 valence electrons. The van der Waals surface area contributed by atoms with Gasteiger partial charge >= 0.3 is 5.97 Å². The summed E-state index contributed by atoms with van der Waals surface area (Å²) in [6, 6.07) is 1.49. The van der Waals surface area contributed by atoms with Crippen LogP contribution in [-0.2, 0) is 14.3 Å². The van der Waals surface area contributed by atoms with Crippen molar-refractivity contribution in [2.45, 2.75) is 55.9 Å². The maximum absolute atomic E-state index is 13.0. The Morgan fingerprint density at radius 2 is 1.96 bits per heavy atom. The van der Waals surface area contributed by atoms with Gasteiger partial charge in [-0.25, -0.2) is 4.98 Å². The van der Waals surface area contributed by atoms with Crippen LogP contribution in [0, 0.1) is 17.3 Å². The Morgan fingerprint density at radius 1 is 1.30 bits per heavy atom. The van der Waals surface area contributed by atoms with Gasteiger partial charge in [-0.15, -0.1) is 0 Å². The summed E-state index contributed by atoms with van der Waals surface area (Å²) in [6.45, 7) is 1.57. The highest BCUT2D eigenvalue weighted by Crippen LogP contribution is 2.64. The smallest absolute Gasteiger partial charge is 0.312 e. The van der Waals surface area contributed by atoms with Gasteiger partial charge in [-0.05, 0) is 63.4 Å². The molecule has 0 unspecified atom stereocenters. The van der Waals surface area contributed by atoms with Gasteiger partial charge in [-0.3, -0.25) is 9.59 Å². The van der Waals surface area contributed by atoms with Crippen molar-refractivity contribution in [3.63, 3.8) is 0 Å². The zero-order chi connectivity index (χ0) is 19.4. The lowest BCUT2D eigenvalue weighted by atomic mass is 9.49. The molecule has 1 amide bonds. The molecule has 5 nitrogen and oxygen atoms in total. The van der Waals surface area contributed by atoms with E-state index in [-0.39, 0.29) is 21.1 Å². The molecule has 1 heterocycles. The van der Waals surface area contributed by atoms with E-state index in [0.29, 0.717) is 16.9 Å². The molecule has 0 saturated heterocycles. The summed E-state index contributed by atoms with van der Waals surface area (Å²) in [5.41, 5.74) is -0.460. The van der Waals surface area contributed by atoms with Crippen molar-refractivity contribution in [3.8, 4) is 0 Å². The van der Waals surface area contributed by atoms with Crippen molar-refractivity contribution in [1.29, 1.82) is 0 Å². The third-order valence-electron chi connectivity index (χ3n) is 6.13. The molecule has 0 spiro atoms. The van der Waals surface area contributed by atoms with Gasteiger partial charge < -0.3 is 10.1 Å². The Morgan fingerprint density at radius 3 is 2.56 bits per heavy atom. The molecule has 4 saturated carbocycles. The SMILES string of the molecule is C[C@H](OC(=O)C12C[C@H]3C[C@@H](CC(Br)(C3)C1)C2)C(=O)Nc1ncc(Cl)cc1Cl. The number of halogens is 3. The molecule has 4 aliphatic rings. The van der Waals surface area contributed by atoms with Crippen LogP contribution in [0.25, 0.3) is 0 Å². The number of rotatable bonds is 4. The van der Waals surface area contributed by atoms with Gasteiger partial charge in [-0.2, -0.15) is 0 Å². The van der Waals surface area contributed by atoms with Crippen LogP contribution in [0.1, 0.15) is 45.4 Å². The van der Waals surface area contributed by atoms with E-state index in [9.17, 15) is 9.59 Å². The van der Waals surface area contributed by atoms with E-state index in [0.717, 1.165) is 32.1 Å². The Hall–Kier alpha value is -0.850. The van der Waals surface area contributed by atoms with Crippen LogP contribution in [-0.4, -0.2) is 27.3 Å². The van der Waals surface area contributed by atoms with Gasteiger partial charge in [0.05, 0.1) is 15.5 Å². The van der Waals surface area contributed by atoms with Crippen LogP contribution in [0.3, 0.4) is 0 Å². The Bertz CT molecular complexity index is 789. The van der Waals surface area contributed by atoms with Crippen molar-refractivity contribution in [2.24, 2.45) is 17.3 Å². The molecule has 0 radical (unpaired) electrons. The van der Waals surface area contributed by atoms with Gasteiger partial charge in [0, 0.05) is 10.5 Å². The Kier molecular flexibility index (Phi) is 4.97. The largest absolute Gasteiger partial charge is 0.452 e. The molecule has 0 aliphatic heterocycles. The second-order valence-corrected chi connectivity index (χ2v) is 10.9. The van der Waals surface area contributed by atoms with E-state index in [4.69, 9.17) is 27.9 Å². The topological polar surface area (TPSA) is 68.3 Å².